The van der Waals surface area contributed by atoms with Crippen LogP contribution in [0.5, 0.6) is 0 Å². The second kappa shape index (κ2) is 5.68. The lowest BCUT2D eigenvalue weighted by molar-refractivity contribution is 0.00578. The van der Waals surface area contributed by atoms with Crippen molar-refractivity contribution in [1.29, 1.82) is 0 Å². The van der Waals surface area contributed by atoms with Gasteiger partial charge in [-0.3, -0.25) is 0 Å². The molecule has 0 saturated carbocycles. The van der Waals surface area contributed by atoms with Gasteiger partial charge in [-0.2, -0.15) is 4.39 Å². The van der Waals surface area contributed by atoms with E-state index in [0.717, 1.165) is 0 Å². The van der Waals surface area contributed by atoms with Gasteiger partial charge >= 0.3 is 7.12 Å². The monoisotopic (exact) mass is 312 g/mol. The van der Waals surface area contributed by atoms with E-state index in [0.29, 0.717) is 10.5 Å². The van der Waals surface area contributed by atoms with Crippen LogP contribution in [0.4, 0.5) is 4.39 Å². The molecule has 2 heterocycles. The maximum atomic E-state index is 13.7. The first kappa shape index (κ1) is 16.4. The van der Waals surface area contributed by atoms with Gasteiger partial charge in [0.2, 0.25) is 5.95 Å². The molecule has 0 bridgehead atoms. The molecule has 1 aliphatic rings. The van der Waals surface area contributed by atoms with Crippen LogP contribution in [-0.2, 0) is 9.31 Å². The average molecular weight is 313 g/mol. The predicted molar refractivity (Wildman–Crippen MR) is 82.3 cm³/mol. The normalized spacial score (nSPS) is 20.9. The minimum absolute atomic E-state index is 0.183. The summed E-state index contributed by atoms with van der Waals surface area (Å²) in [6.07, 6.45) is 2.83. The largest absolute Gasteiger partial charge is 0.491 e. The standard InChI is InChI=1S/C14H19BClFN2O2/c1-13(2)14(3,4)21-15(20-13)10(7-18)5-9-6-11(16)8-19-12(9)17/h5-6,8H,7,18H2,1-4H3. The first-order valence-corrected chi connectivity index (χ1v) is 7.11. The van der Waals surface area contributed by atoms with E-state index in [1.807, 2.05) is 27.7 Å². The molecule has 0 amide bonds. The fourth-order valence-corrected chi connectivity index (χ4v) is 2.12. The van der Waals surface area contributed by atoms with E-state index in [1.54, 1.807) is 6.08 Å². The van der Waals surface area contributed by atoms with Gasteiger partial charge in [-0.05, 0) is 39.2 Å². The Bertz CT molecular complexity index is 562. The van der Waals surface area contributed by atoms with Gasteiger partial charge in [0.25, 0.3) is 0 Å². The van der Waals surface area contributed by atoms with Crippen molar-refractivity contribution in [3.05, 3.63) is 34.3 Å². The van der Waals surface area contributed by atoms with Gasteiger partial charge in [-0.25, -0.2) is 4.98 Å². The van der Waals surface area contributed by atoms with Gasteiger partial charge in [0.1, 0.15) is 0 Å². The fourth-order valence-electron chi connectivity index (χ4n) is 1.96. The van der Waals surface area contributed by atoms with Crippen LogP contribution in [-0.4, -0.2) is 29.8 Å². The number of hydrogen-bond acceptors (Lipinski definition) is 4. The first-order valence-electron chi connectivity index (χ1n) is 6.73. The number of pyridine rings is 1. The molecule has 1 fully saturated rings. The molecule has 1 aliphatic heterocycles. The summed E-state index contributed by atoms with van der Waals surface area (Å²) in [6, 6.07) is 1.49. The predicted octanol–water partition coefficient (Wildman–Crippen LogP) is 2.85. The van der Waals surface area contributed by atoms with E-state index in [1.165, 1.54) is 12.3 Å². The van der Waals surface area contributed by atoms with Crippen LogP contribution in [0.2, 0.25) is 5.02 Å². The molecule has 1 saturated heterocycles. The molecule has 21 heavy (non-hydrogen) atoms. The van der Waals surface area contributed by atoms with Crippen LogP contribution in [0.1, 0.15) is 33.3 Å². The van der Waals surface area contributed by atoms with Crippen LogP contribution in [0.15, 0.2) is 17.7 Å². The molecule has 0 aromatic carbocycles. The summed E-state index contributed by atoms with van der Waals surface area (Å²) in [5.74, 6) is -0.609. The number of halogens is 2. The van der Waals surface area contributed by atoms with Crippen molar-refractivity contribution in [3.8, 4) is 0 Å². The first-order chi connectivity index (χ1) is 9.66. The highest BCUT2D eigenvalue weighted by molar-refractivity contribution is 6.55. The van der Waals surface area contributed by atoms with Gasteiger partial charge in [-0.15, -0.1) is 0 Å². The zero-order chi connectivity index (χ0) is 15.8. The lowest BCUT2D eigenvalue weighted by Gasteiger charge is -2.32. The highest BCUT2D eigenvalue weighted by atomic mass is 35.5. The molecule has 2 N–H and O–H groups in total. The molecule has 0 unspecified atom stereocenters. The smallest absolute Gasteiger partial charge is 0.400 e. The maximum absolute atomic E-state index is 13.7. The molecule has 7 heteroatoms. The summed E-state index contributed by atoms with van der Waals surface area (Å²) >= 11 is 5.84. The number of aromatic nitrogens is 1. The summed E-state index contributed by atoms with van der Waals surface area (Å²) in [4.78, 5) is 3.58. The van der Waals surface area contributed by atoms with Crippen molar-refractivity contribution in [2.75, 3.05) is 6.54 Å². The quantitative estimate of drug-likeness (QED) is 0.689. The van der Waals surface area contributed by atoms with Crippen molar-refractivity contribution < 1.29 is 13.7 Å². The maximum Gasteiger partial charge on any atom is 0.491 e. The van der Waals surface area contributed by atoms with Crippen LogP contribution >= 0.6 is 11.6 Å². The zero-order valence-electron chi connectivity index (χ0n) is 12.6. The Kier molecular flexibility index (Phi) is 4.45. The average Bonchev–Trinajstić information content (AvgIpc) is 2.59. The van der Waals surface area contributed by atoms with Crippen LogP contribution in [0.3, 0.4) is 0 Å². The van der Waals surface area contributed by atoms with E-state index >= 15 is 0 Å². The van der Waals surface area contributed by atoms with Crippen LogP contribution in [0.25, 0.3) is 6.08 Å². The molecular formula is C14H19BClFN2O2. The third kappa shape index (κ3) is 3.29. The minimum Gasteiger partial charge on any atom is -0.400 e. The Morgan fingerprint density at radius 2 is 1.95 bits per heavy atom. The summed E-state index contributed by atoms with van der Waals surface area (Å²) in [6.45, 7) is 7.97. The third-order valence-electron chi connectivity index (χ3n) is 3.97. The number of nitrogens with zero attached hydrogens (tertiary/aromatic N) is 1. The van der Waals surface area contributed by atoms with Gasteiger partial charge < -0.3 is 15.0 Å². The van der Waals surface area contributed by atoms with Crippen molar-refractivity contribution in [1.82, 2.24) is 4.98 Å². The molecule has 1 aromatic heterocycles. The molecule has 2 rings (SSSR count). The number of rotatable bonds is 3. The van der Waals surface area contributed by atoms with Crippen molar-refractivity contribution >= 4 is 24.8 Å². The van der Waals surface area contributed by atoms with E-state index < -0.39 is 24.3 Å². The lowest BCUT2D eigenvalue weighted by atomic mass is 9.77. The number of hydrogen-bond donors (Lipinski definition) is 1. The van der Waals surface area contributed by atoms with Crippen molar-refractivity contribution in [2.24, 2.45) is 5.73 Å². The molecule has 0 atom stereocenters. The molecule has 0 spiro atoms. The Labute approximate surface area is 129 Å². The Balaban J connectivity index is 2.33. The number of nitrogens with two attached hydrogens (primary N) is 1. The van der Waals surface area contributed by atoms with E-state index in [4.69, 9.17) is 26.6 Å². The zero-order valence-corrected chi connectivity index (χ0v) is 13.4. The second-order valence-electron chi connectivity index (χ2n) is 6.05. The van der Waals surface area contributed by atoms with Gasteiger partial charge in [-0.1, -0.05) is 17.7 Å². The SMILES string of the molecule is CC1(C)OB(C(=Cc2cc(Cl)cnc2F)CN)OC1(C)C. The third-order valence-corrected chi connectivity index (χ3v) is 4.17. The summed E-state index contributed by atoms with van der Waals surface area (Å²) < 4.78 is 25.5. The van der Waals surface area contributed by atoms with Gasteiger partial charge in [0, 0.05) is 18.3 Å². The topological polar surface area (TPSA) is 57.4 Å². The molecular weight excluding hydrogens is 293 g/mol. The van der Waals surface area contributed by atoms with E-state index in [9.17, 15) is 4.39 Å². The summed E-state index contributed by atoms with van der Waals surface area (Å²) in [5, 5.41) is 0.355. The van der Waals surface area contributed by atoms with E-state index in [-0.39, 0.29) is 12.1 Å². The molecule has 1 aromatic rings. The molecule has 4 nitrogen and oxygen atoms in total. The second-order valence-corrected chi connectivity index (χ2v) is 6.48. The van der Waals surface area contributed by atoms with Crippen LogP contribution in [0, 0.1) is 5.95 Å². The lowest BCUT2D eigenvalue weighted by Crippen LogP contribution is -2.41. The van der Waals surface area contributed by atoms with E-state index in [2.05, 4.69) is 4.98 Å². The highest BCUT2D eigenvalue weighted by Crippen LogP contribution is 2.38. The summed E-state index contributed by atoms with van der Waals surface area (Å²) in [7, 11) is -0.613. The van der Waals surface area contributed by atoms with Crippen molar-refractivity contribution in [3.63, 3.8) is 0 Å². The van der Waals surface area contributed by atoms with Crippen molar-refractivity contribution in [2.45, 2.75) is 38.9 Å². The van der Waals surface area contributed by atoms with Gasteiger partial charge in [0.05, 0.1) is 16.2 Å². The molecule has 114 valence electrons. The Morgan fingerprint density at radius 1 is 1.38 bits per heavy atom. The Hall–Kier alpha value is -0.945. The highest BCUT2D eigenvalue weighted by Gasteiger charge is 2.52. The fraction of sp³-hybridized carbons (Fsp3) is 0.500. The van der Waals surface area contributed by atoms with Gasteiger partial charge in [0.15, 0.2) is 0 Å². The molecule has 0 radical (unpaired) electrons. The molecule has 0 aliphatic carbocycles. The summed E-state index contributed by atoms with van der Waals surface area (Å²) in [5.41, 5.74) is 5.71. The minimum atomic E-state index is -0.613. The Morgan fingerprint density at radius 3 is 2.48 bits per heavy atom. The van der Waals surface area contributed by atoms with Crippen LogP contribution < -0.4 is 5.73 Å².